The van der Waals surface area contributed by atoms with E-state index in [1.165, 1.54) is 24.0 Å². The zero-order valence-electron chi connectivity index (χ0n) is 13.4. The Kier molecular flexibility index (Phi) is 5.83. The van der Waals surface area contributed by atoms with Crippen LogP contribution in [0, 0.1) is 0 Å². The van der Waals surface area contributed by atoms with E-state index >= 15 is 0 Å². The van der Waals surface area contributed by atoms with Crippen LogP contribution in [0.2, 0.25) is 0 Å². The summed E-state index contributed by atoms with van der Waals surface area (Å²) in [5, 5.41) is 7.47. The van der Waals surface area contributed by atoms with Gasteiger partial charge in [-0.05, 0) is 60.3 Å². The fourth-order valence-corrected chi connectivity index (χ4v) is 3.88. The lowest BCUT2D eigenvalue weighted by Gasteiger charge is -2.27. The number of carbonyl (C=O) groups excluding carboxylic acids is 1. The minimum Gasteiger partial charge on any atom is -0.354 e. The molecule has 1 fully saturated rings. The van der Waals surface area contributed by atoms with E-state index in [1.54, 1.807) is 11.3 Å². The van der Waals surface area contributed by atoms with Crippen LogP contribution in [-0.2, 0) is 11.2 Å². The first kappa shape index (κ1) is 16.2. The van der Waals surface area contributed by atoms with Crippen molar-refractivity contribution in [1.82, 2.24) is 10.2 Å². The number of aryl methyl sites for hydroxylation is 1. The highest BCUT2D eigenvalue weighted by Crippen LogP contribution is 2.26. The fourth-order valence-electron chi connectivity index (χ4n) is 3.18. The molecule has 0 spiro atoms. The number of likely N-dealkylation sites (tertiary alicyclic amines) is 1. The summed E-state index contributed by atoms with van der Waals surface area (Å²) in [6.45, 7) is 2.99. The van der Waals surface area contributed by atoms with Crippen molar-refractivity contribution in [3.63, 3.8) is 0 Å². The van der Waals surface area contributed by atoms with Crippen LogP contribution in [0.5, 0.6) is 0 Å². The molecule has 1 amide bonds. The molecule has 3 rings (SSSR count). The van der Waals surface area contributed by atoms with Gasteiger partial charge in [0.1, 0.15) is 0 Å². The average molecular weight is 328 g/mol. The number of thiophene rings is 1. The van der Waals surface area contributed by atoms with Crippen molar-refractivity contribution >= 4 is 17.2 Å². The Hall–Kier alpha value is -1.65. The van der Waals surface area contributed by atoms with Crippen molar-refractivity contribution < 1.29 is 4.79 Å². The zero-order chi connectivity index (χ0) is 15.9. The molecule has 1 saturated heterocycles. The molecule has 0 bridgehead atoms. The molecule has 1 N–H and O–H groups in total. The third kappa shape index (κ3) is 4.66. The second kappa shape index (κ2) is 8.27. The smallest absolute Gasteiger partial charge is 0.220 e. The zero-order valence-corrected chi connectivity index (χ0v) is 14.2. The van der Waals surface area contributed by atoms with E-state index in [9.17, 15) is 4.79 Å². The van der Waals surface area contributed by atoms with Crippen molar-refractivity contribution in [3.05, 3.63) is 58.3 Å². The van der Waals surface area contributed by atoms with Gasteiger partial charge in [0, 0.05) is 13.0 Å². The molecule has 1 aliphatic heterocycles. The van der Waals surface area contributed by atoms with E-state index in [1.807, 2.05) is 18.2 Å². The first-order valence-corrected chi connectivity index (χ1v) is 9.34. The molecule has 122 valence electrons. The molecular weight excluding hydrogens is 304 g/mol. The minimum absolute atomic E-state index is 0.147. The molecule has 1 aromatic heterocycles. The Balaban J connectivity index is 1.51. The summed E-state index contributed by atoms with van der Waals surface area (Å²) in [6.07, 6.45) is 3.89. The normalized spacial score (nSPS) is 16.3. The topological polar surface area (TPSA) is 32.3 Å². The summed E-state index contributed by atoms with van der Waals surface area (Å²) < 4.78 is 0. The number of rotatable bonds is 7. The predicted octanol–water partition coefficient (Wildman–Crippen LogP) is 3.63. The molecule has 3 nitrogen and oxygen atoms in total. The average Bonchev–Trinajstić information content (AvgIpc) is 3.28. The van der Waals surface area contributed by atoms with Crippen LogP contribution in [0.4, 0.5) is 0 Å². The molecule has 2 heterocycles. The monoisotopic (exact) mass is 328 g/mol. The van der Waals surface area contributed by atoms with Crippen molar-refractivity contribution in [3.8, 4) is 0 Å². The first-order valence-electron chi connectivity index (χ1n) is 8.40. The van der Waals surface area contributed by atoms with Gasteiger partial charge in [-0.15, -0.1) is 0 Å². The van der Waals surface area contributed by atoms with E-state index < -0.39 is 0 Å². The predicted molar refractivity (Wildman–Crippen MR) is 95.6 cm³/mol. The number of benzene rings is 1. The number of hydrogen-bond acceptors (Lipinski definition) is 3. The van der Waals surface area contributed by atoms with Crippen LogP contribution in [0.25, 0.3) is 0 Å². The quantitative estimate of drug-likeness (QED) is 0.842. The van der Waals surface area contributed by atoms with Crippen LogP contribution in [0.3, 0.4) is 0 Å². The summed E-state index contributed by atoms with van der Waals surface area (Å²) in [6, 6.07) is 12.7. The molecule has 0 aliphatic carbocycles. The minimum atomic E-state index is 0.147. The second-order valence-electron chi connectivity index (χ2n) is 6.11. The maximum Gasteiger partial charge on any atom is 0.220 e. The summed E-state index contributed by atoms with van der Waals surface area (Å²) in [4.78, 5) is 14.7. The highest BCUT2D eigenvalue weighted by Gasteiger charge is 2.24. The van der Waals surface area contributed by atoms with Crippen LogP contribution in [0.15, 0.2) is 47.2 Å². The largest absolute Gasteiger partial charge is 0.354 e. The lowest BCUT2D eigenvalue weighted by atomic mass is 10.1. The fraction of sp³-hybridized carbons (Fsp3) is 0.421. The van der Waals surface area contributed by atoms with Crippen molar-refractivity contribution in [2.45, 2.75) is 31.7 Å². The van der Waals surface area contributed by atoms with Gasteiger partial charge in [-0.3, -0.25) is 9.69 Å². The standard InChI is InChI=1S/C19H24N2OS/c22-19(9-8-16-6-2-1-3-7-16)20-14-18(17-10-13-23-15-17)21-11-4-5-12-21/h1-3,6-7,10,13,15,18H,4-5,8-9,11-12,14H2,(H,20,22)/t18-/m0/s1. The van der Waals surface area contributed by atoms with Crippen molar-refractivity contribution in [2.75, 3.05) is 19.6 Å². The highest BCUT2D eigenvalue weighted by atomic mass is 32.1. The van der Waals surface area contributed by atoms with Gasteiger partial charge in [0.15, 0.2) is 0 Å². The summed E-state index contributed by atoms with van der Waals surface area (Å²) in [7, 11) is 0. The summed E-state index contributed by atoms with van der Waals surface area (Å²) >= 11 is 1.73. The second-order valence-corrected chi connectivity index (χ2v) is 6.89. The van der Waals surface area contributed by atoms with Gasteiger partial charge in [0.25, 0.3) is 0 Å². The third-order valence-corrected chi connectivity index (χ3v) is 5.19. The first-order chi connectivity index (χ1) is 11.3. The van der Waals surface area contributed by atoms with Crippen LogP contribution in [0.1, 0.15) is 36.4 Å². The van der Waals surface area contributed by atoms with Crippen LogP contribution >= 0.6 is 11.3 Å². The highest BCUT2D eigenvalue weighted by molar-refractivity contribution is 7.07. The van der Waals surface area contributed by atoms with Crippen LogP contribution < -0.4 is 5.32 Å². The Bertz CT molecular complexity index is 591. The van der Waals surface area contributed by atoms with Gasteiger partial charge in [-0.1, -0.05) is 30.3 Å². The molecule has 0 unspecified atom stereocenters. The van der Waals surface area contributed by atoms with Gasteiger partial charge in [-0.2, -0.15) is 11.3 Å². The number of hydrogen-bond donors (Lipinski definition) is 1. The molecule has 1 atom stereocenters. The molecule has 1 aliphatic rings. The molecule has 4 heteroatoms. The van der Waals surface area contributed by atoms with Gasteiger partial charge >= 0.3 is 0 Å². The molecule has 0 radical (unpaired) electrons. The number of carbonyl (C=O) groups is 1. The summed E-state index contributed by atoms with van der Waals surface area (Å²) in [5.41, 5.74) is 2.55. The SMILES string of the molecule is O=C(CCc1ccccc1)NC[C@@H](c1ccsc1)N1CCCC1. The van der Waals surface area contributed by atoms with E-state index in [4.69, 9.17) is 0 Å². The van der Waals surface area contributed by atoms with E-state index in [2.05, 4.69) is 39.2 Å². The molecule has 1 aromatic carbocycles. The Labute approximate surface area is 142 Å². The summed E-state index contributed by atoms with van der Waals surface area (Å²) in [5.74, 6) is 0.147. The molecule has 0 saturated carbocycles. The Morgan fingerprint density at radius 3 is 2.65 bits per heavy atom. The Morgan fingerprint density at radius 1 is 1.17 bits per heavy atom. The number of nitrogens with one attached hydrogen (secondary N) is 1. The maximum absolute atomic E-state index is 12.2. The number of nitrogens with zero attached hydrogens (tertiary/aromatic N) is 1. The van der Waals surface area contributed by atoms with Crippen molar-refractivity contribution in [1.29, 1.82) is 0 Å². The van der Waals surface area contributed by atoms with Gasteiger partial charge < -0.3 is 5.32 Å². The third-order valence-electron chi connectivity index (χ3n) is 4.49. The maximum atomic E-state index is 12.2. The Morgan fingerprint density at radius 2 is 1.96 bits per heavy atom. The number of amides is 1. The van der Waals surface area contributed by atoms with E-state index in [-0.39, 0.29) is 5.91 Å². The molecule has 23 heavy (non-hydrogen) atoms. The van der Waals surface area contributed by atoms with Gasteiger partial charge in [0.05, 0.1) is 6.04 Å². The van der Waals surface area contributed by atoms with E-state index in [0.29, 0.717) is 19.0 Å². The van der Waals surface area contributed by atoms with Crippen LogP contribution in [-0.4, -0.2) is 30.4 Å². The van der Waals surface area contributed by atoms with Gasteiger partial charge in [0.2, 0.25) is 5.91 Å². The van der Waals surface area contributed by atoms with Crippen molar-refractivity contribution in [2.24, 2.45) is 0 Å². The van der Waals surface area contributed by atoms with E-state index in [0.717, 1.165) is 19.5 Å². The molecular formula is C19H24N2OS. The van der Waals surface area contributed by atoms with Gasteiger partial charge in [-0.25, -0.2) is 0 Å². The molecule has 2 aromatic rings. The lowest BCUT2D eigenvalue weighted by molar-refractivity contribution is -0.121. The lowest BCUT2D eigenvalue weighted by Crippen LogP contribution is -2.36.